The molecule has 2 heteroatoms. The van der Waals surface area contributed by atoms with Gasteiger partial charge in [-0.25, -0.2) is 0 Å². The Bertz CT molecular complexity index is 261. The summed E-state index contributed by atoms with van der Waals surface area (Å²) in [6, 6.07) is 0. The summed E-state index contributed by atoms with van der Waals surface area (Å²) >= 11 is 0. The van der Waals surface area contributed by atoms with Gasteiger partial charge in [-0.3, -0.25) is 4.79 Å². The highest BCUT2D eigenvalue weighted by Gasteiger charge is 2.66. The van der Waals surface area contributed by atoms with Crippen LogP contribution in [0.15, 0.2) is 0 Å². The van der Waals surface area contributed by atoms with E-state index in [0.29, 0.717) is 11.8 Å². The Morgan fingerprint density at radius 2 is 2.33 bits per heavy atom. The second kappa shape index (κ2) is 1.70. The van der Waals surface area contributed by atoms with E-state index in [1.54, 1.807) is 0 Å². The first-order valence-corrected chi connectivity index (χ1v) is 4.84. The van der Waals surface area contributed by atoms with Gasteiger partial charge in [-0.2, -0.15) is 0 Å². The van der Waals surface area contributed by atoms with Gasteiger partial charge in [0, 0.05) is 5.92 Å². The van der Waals surface area contributed by atoms with Gasteiger partial charge in [0.15, 0.2) is 0 Å². The van der Waals surface area contributed by atoms with Gasteiger partial charge in [0.1, 0.15) is 6.10 Å². The van der Waals surface area contributed by atoms with Crippen molar-refractivity contribution >= 4 is 5.97 Å². The average molecular weight is 166 g/mol. The Kier molecular flexibility index (Phi) is 0.984. The highest BCUT2D eigenvalue weighted by atomic mass is 16.6. The SMILES string of the molecule is C[C@@H]1C2C[C@@H]3C1OC(=O)C3(C)C2. The summed E-state index contributed by atoms with van der Waals surface area (Å²) in [6.45, 7) is 4.32. The maximum atomic E-state index is 11.5. The van der Waals surface area contributed by atoms with Crippen molar-refractivity contribution in [3.8, 4) is 0 Å². The number of carbonyl (C=O) groups is 1. The zero-order valence-electron chi connectivity index (χ0n) is 7.54. The fraction of sp³-hybridized carbons (Fsp3) is 0.900. The molecule has 0 aromatic heterocycles. The lowest BCUT2D eigenvalue weighted by atomic mass is 9.73. The van der Waals surface area contributed by atoms with Crippen molar-refractivity contribution in [2.24, 2.45) is 23.2 Å². The van der Waals surface area contributed by atoms with E-state index in [1.807, 2.05) is 0 Å². The summed E-state index contributed by atoms with van der Waals surface area (Å²) in [5, 5.41) is 0. The summed E-state index contributed by atoms with van der Waals surface area (Å²) in [6.07, 6.45) is 2.57. The topological polar surface area (TPSA) is 26.3 Å². The van der Waals surface area contributed by atoms with Gasteiger partial charge >= 0.3 is 5.97 Å². The minimum atomic E-state index is -0.0954. The highest BCUT2D eigenvalue weighted by Crippen LogP contribution is 2.63. The maximum Gasteiger partial charge on any atom is 0.312 e. The van der Waals surface area contributed by atoms with Crippen LogP contribution in [-0.2, 0) is 9.53 Å². The molecular formula is C10H14O2. The number of carbonyl (C=O) groups excluding carboxylic acids is 1. The Balaban J connectivity index is 2.09. The van der Waals surface area contributed by atoms with Gasteiger partial charge in [0.05, 0.1) is 5.41 Å². The molecule has 0 aromatic carbocycles. The van der Waals surface area contributed by atoms with Crippen LogP contribution in [0.2, 0.25) is 0 Å². The first kappa shape index (κ1) is 6.93. The molecule has 12 heavy (non-hydrogen) atoms. The molecule has 2 nitrogen and oxygen atoms in total. The van der Waals surface area contributed by atoms with E-state index < -0.39 is 0 Å². The maximum absolute atomic E-state index is 11.5. The van der Waals surface area contributed by atoms with E-state index in [2.05, 4.69) is 13.8 Å². The Hall–Kier alpha value is -0.530. The van der Waals surface area contributed by atoms with E-state index in [1.165, 1.54) is 6.42 Å². The largest absolute Gasteiger partial charge is 0.461 e. The summed E-state index contributed by atoms with van der Waals surface area (Å²) in [4.78, 5) is 11.5. The summed E-state index contributed by atoms with van der Waals surface area (Å²) in [7, 11) is 0. The lowest BCUT2D eigenvalue weighted by Gasteiger charge is -2.26. The first-order chi connectivity index (χ1) is 5.63. The van der Waals surface area contributed by atoms with Gasteiger partial charge < -0.3 is 4.74 Å². The third kappa shape index (κ3) is 0.511. The lowest BCUT2D eigenvalue weighted by molar-refractivity contribution is -0.147. The molecule has 3 aliphatic rings. The second-order valence-electron chi connectivity index (χ2n) is 4.95. The number of hydrogen-bond donors (Lipinski definition) is 0. The molecule has 1 aliphatic heterocycles. The van der Waals surface area contributed by atoms with Crippen LogP contribution in [0.4, 0.5) is 0 Å². The summed E-state index contributed by atoms with van der Waals surface area (Å²) < 4.78 is 5.42. The molecule has 0 aromatic rings. The van der Waals surface area contributed by atoms with Gasteiger partial charge in [0.25, 0.3) is 0 Å². The molecule has 0 N–H and O–H groups in total. The van der Waals surface area contributed by atoms with Gasteiger partial charge in [-0.15, -0.1) is 0 Å². The van der Waals surface area contributed by atoms with Crippen LogP contribution >= 0.6 is 0 Å². The number of esters is 1. The van der Waals surface area contributed by atoms with Crippen molar-refractivity contribution < 1.29 is 9.53 Å². The number of rotatable bonds is 0. The number of ether oxygens (including phenoxy) is 1. The van der Waals surface area contributed by atoms with Crippen molar-refractivity contribution in [2.75, 3.05) is 0 Å². The molecule has 3 rings (SSSR count). The standard InChI is InChI=1S/C10H14O2/c1-5-6-3-7-8(5)12-9(11)10(7,2)4-6/h5-8H,3-4H2,1-2H3/t5-,6?,7-,8?,10?/m1/s1. The number of fused-ring (bicyclic) bond motifs is 1. The third-order valence-electron chi connectivity index (χ3n) is 4.43. The zero-order valence-corrected chi connectivity index (χ0v) is 7.54. The minimum absolute atomic E-state index is 0.0735. The molecule has 0 radical (unpaired) electrons. The molecule has 1 heterocycles. The van der Waals surface area contributed by atoms with Crippen LogP contribution in [0, 0.1) is 23.2 Å². The quantitative estimate of drug-likeness (QED) is 0.511. The lowest BCUT2D eigenvalue weighted by Crippen LogP contribution is -2.31. The van der Waals surface area contributed by atoms with Crippen LogP contribution in [0.25, 0.3) is 0 Å². The van der Waals surface area contributed by atoms with E-state index in [0.717, 1.165) is 12.3 Å². The predicted molar refractivity (Wildman–Crippen MR) is 43.4 cm³/mol. The van der Waals surface area contributed by atoms with Crippen LogP contribution in [0.3, 0.4) is 0 Å². The van der Waals surface area contributed by atoms with E-state index in [4.69, 9.17) is 4.74 Å². The Morgan fingerprint density at radius 3 is 2.92 bits per heavy atom. The van der Waals surface area contributed by atoms with E-state index in [9.17, 15) is 4.79 Å². The Morgan fingerprint density at radius 1 is 1.58 bits per heavy atom. The fourth-order valence-corrected chi connectivity index (χ4v) is 3.58. The van der Waals surface area contributed by atoms with Crippen LogP contribution < -0.4 is 0 Å². The van der Waals surface area contributed by atoms with E-state index in [-0.39, 0.29) is 17.5 Å². The summed E-state index contributed by atoms with van der Waals surface area (Å²) in [5.74, 6) is 2.00. The van der Waals surface area contributed by atoms with Crippen molar-refractivity contribution in [1.82, 2.24) is 0 Å². The molecule has 0 spiro atoms. The molecule has 5 atom stereocenters. The van der Waals surface area contributed by atoms with Gasteiger partial charge in [0.2, 0.25) is 0 Å². The molecule has 2 bridgehead atoms. The van der Waals surface area contributed by atoms with Crippen molar-refractivity contribution in [3.63, 3.8) is 0 Å². The molecule has 1 saturated heterocycles. The van der Waals surface area contributed by atoms with Crippen molar-refractivity contribution in [2.45, 2.75) is 32.8 Å². The monoisotopic (exact) mass is 166 g/mol. The fourth-order valence-electron chi connectivity index (χ4n) is 3.58. The number of hydrogen-bond acceptors (Lipinski definition) is 2. The normalized spacial score (nSPS) is 61.0. The molecule has 2 aliphatic carbocycles. The molecule has 3 unspecified atom stereocenters. The van der Waals surface area contributed by atoms with Crippen LogP contribution in [-0.4, -0.2) is 12.1 Å². The summed E-state index contributed by atoms with van der Waals surface area (Å²) in [5.41, 5.74) is -0.0954. The smallest absolute Gasteiger partial charge is 0.312 e. The van der Waals surface area contributed by atoms with Crippen molar-refractivity contribution in [3.05, 3.63) is 0 Å². The van der Waals surface area contributed by atoms with Crippen LogP contribution in [0.1, 0.15) is 26.7 Å². The first-order valence-electron chi connectivity index (χ1n) is 4.84. The van der Waals surface area contributed by atoms with Crippen LogP contribution in [0.5, 0.6) is 0 Å². The predicted octanol–water partition coefficient (Wildman–Crippen LogP) is 1.59. The molecule has 66 valence electrons. The van der Waals surface area contributed by atoms with Gasteiger partial charge in [-0.1, -0.05) is 6.92 Å². The van der Waals surface area contributed by atoms with Crippen molar-refractivity contribution in [1.29, 1.82) is 0 Å². The molecule has 3 fully saturated rings. The Labute approximate surface area is 72.3 Å². The molecule has 0 amide bonds. The highest BCUT2D eigenvalue weighted by molar-refractivity contribution is 5.80. The van der Waals surface area contributed by atoms with E-state index >= 15 is 0 Å². The third-order valence-corrected chi connectivity index (χ3v) is 4.43. The average Bonchev–Trinajstić information content (AvgIpc) is 2.53. The molecule has 2 saturated carbocycles. The zero-order chi connectivity index (χ0) is 8.51. The molecular weight excluding hydrogens is 152 g/mol. The second-order valence-corrected chi connectivity index (χ2v) is 4.95. The minimum Gasteiger partial charge on any atom is -0.461 e. The van der Waals surface area contributed by atoms with Gasteiger partial charge in [-0.05, 0) is 31.6 Å².